The monoisotopic (exact) mass is 388 g/mol. The first-order chi connectivity index (χ1) is 11.8. The van der Waals surface area contributed by atoms with E-state index in [2.05, 4.69) is 10.6 Å². The van der Waals surface area contributed by atoms with Gasteiger partial charge in [0, 0.05) is 38.6 Å². The second kappa shape index (κ2) is 8.75. The highest BCUT2D eigenvalue weighted by Crippen LogP contribution is 2.19. The van der Waals surface area contributed by atoms with Gasteiger partial charge in [-0.15, -0.1) is 11.3 Å². The molecule has 0 spiro atoms. The molecule has 0 bridgehead atoms. The second-order valence-electron chi connectivity index (χ2n) is 6.10. The first kappa shape index (κ1) is 19.8. The number of piperidine rings is 1. The number of carbonyl (C=O) groups is 2. The van der Waals surface area contributed by atoms with Crippen molar-refractivity contribution in [3.05, 3.63) is 22.4 Å². The summed E-state index contributed by atoms with van der Waals surface area (Å²) in [6.45, 7) is 1.56. The van der Waals surface area contributed by atoms with Gasteiger partial charge in [-0.1, -0.05) is 6.07 Å². The van der Waals surface area contributed by atoms with Crippen molar-refractivity contribution in [1.29, 1.82) is 0 Å². The van der Waals surface area contributed by atoms with Gasteiger partial charge in [-0.2, -0.15) is 17.0 Å². The zero-order chi connectivity index (χ0) is 18.4. The molecule has 0 aromatic carbocycles. The van der Waals surface area contributed by atoms with E-state index in [4.69, 9.17) is 0 Å². The lowest BCUT2D eigenvalue weighted by atomic mass is 9.98. The molecule has 2 heterocycles. The van der Waals surface area contributed by atoms with E-state index in [1.807, 2.05) is 17.5 Å². The fourth-order valence-electron chi connectivity index (χ4n) is 2.55. The molecule has 1 aromatic heterocycles. The van der Waals surface area contributed by atoms with Crippen LogP contribution in [0.2, 0.25) is 0 Å². The van der Waals surface area contributed by atoms with Crippen LogP contribution in [0.3, 0.4) is 0 Å². The maximum Gasteiger partial charge on any atom is 0.309 e. The normalized spacial score (nSPS) is 16.8. The molecule has 0 aliphatic carbocycles. The Morgan fingerprint density at radius 1 is 1.24 bits per heavy atom. The van der Waals surface area contributed by atoms with Crippen molar-refractivity contribution in [2.45, 2.75) is 19.4 Å². The Morgan fingerprint density at radius 2 is 1.88 bits per heavy atom. The molecule has 0 unspecified atom stereocenters. The minimum atomic E-state index is -3.38. The number of nitrogens with zero attached hydrogens (tertiary/aromatic N) is 2. The summed E-state index contributed by atoms with van der Waals surface area (Å²) < 4.78 is 26.7. The summed E-state index contributed by atoms with van der Waals surface area (Å²) in [6, 6.07) is 3.77. The highest BCUT2D eigenvalue weighted by atomic mass is 32.2. The first-order valence-corrected chi connectivity index (χ1v) is 10.3. The van der Waals surface area contributed by atoms with Crippen molar-refractivity contribution >= 4 is 33.4 Å². The topological polar surface area (TPSA) is 98.8 Å². The van der Waals surface area contributed by atoms with Crippen LogP contribution in [0.15, 0.2) is 17.5 Å². The molecule has 0 atom stereocenters. The van der Waals surface area contributed by atoms with Gasteiger partial charge in [0.05, 0.1) is 6.54 Å². The zero-order valence-electron chi connectivity index (χ0n) is 14.4. The number of hydrogen-bond acceptors (Lipinski definition) is 5. The van der Waals surface area contributed by atoms with Gasteiger partial charge in [0.15, 0.2) is 0 Å². The Morgan fingerprint density at radius 3 is 2.44 bits per heavy atom. The Hall–Kier alpha value is -1.49. The SMILES string of the molecule is CN(C)S(=O)(=O)N1CCC(CNC(=O)C(=O)NCc2cccs2)CC1. The van der Waals surface area contributed by atoms with Crippen molar-refractivity contribution in [2.24, 2.45) is 5.92 Å². The zero-order valence-corrected chi connectivity index (χ0v) is 16.0. The van der Waals surface area contributed by atoms with Crippen LogP contribution in [-0.4, -0.2) is 62.6 Å². The van der Waals surface area contributed by atoms with Crippen molar-refractivity contribution in [3.63, 3.8) is 0 Å². The maximum atomic E-state index is 12.0. The molecular weight excluding hydrogens is 364 g/mol. The summed E-state index contributed by atoms with van der Waals surface area (Å²) in [5, 5.41) is 7.12. The minimum Gasteiger partial charge on any atom is -0.348 e. The molecule has 1 saturated heterocycles. The molecule has 1 aromatic rings. The van der Waals surface area contributed by atoms with E-state index >= 15 is 0 Å². The molecule has 2 rings (SSSR count). The number of hydrogen-bond donors (Lipinski definition) is 2. The lowest BCUT2D eigenvalue weighted by molar-refractivity contribution is -0.139. The van der Waals surface area contributed by atoms with E-state index in [1.54, 1.807) is 0 Å². The van der Waals surface area contributed by atoms with Crippen molar-refractivity contribution in [2.75, 3.05) is 33.7 Å². The highest BCUT2D eigenvalue weighted by molar-refractivity contribution is 7.86. The van der Waals surface area contributed by atoms with E-state index in [0.29, 0.717) is 39.0 Å². The van der Waals surface area contributed by atoms with E-state index in [1.165, 1.54) is 34.0 Å². The molecule has 1 aliphatic heterocycles. The Kier molecular flexibility index (Phi) is 6.94. The molecule has 1 fully saturated rings. The van der Waals surface area contributed by atoms with Gasteiger partial charge in [-0.25, -0.2) is 0 Å². The fraction of sp³-hybridized carbons (Fsp3) is 0.600. The molecule has 2 N–H and O–H groups in total. The standard InChI is InChI=1S/C15H24N4O4S2/c1-18(2)25(22,23)19-7-5-12(6-8-19)10-16-14(20)15(21)17-11-13-4-3-9-24-13/h3-4,9,12H,5-8,10-11H2,1-2H3,(H,16,20)(H,17,21). The van der Waals surface area contributed by atoms with Gasteiger partial charge in [-0.05, 0) is 30.2 Å². The van der Waals surface area contributed by atoms with Crippen LogP contribution >= 0.6 is 11.3 Å². The fourth-order valence-corrected chi connectivity index (χ4v) is 4.33. The smallest absolute Gasteiger partial charge is 0.309 e. The number of nitrogens with one attached hydrogen (secondary N) is 2. The number of carbonyl (C=O) groups excluding carboxylic acids is 2. The van der Waals surface area contributed by atoms with Crippen LogP contribution in [0.4, 0.5) is 0 Å². The average molecular weight is 389 g/mol. The van der Waals surface area contributed by atoms with Gasteiger partial charge in [0.1, 0.15) is 0 Å². The van der Waals surface area contributed by atoms with Gasteiger partial charge >= 0.3 is 11.8 Å². The minimum absolute atomic E-state index is 0.169. The molecular formula is C15H24N4O4S2. The summed E-state index contributed by atoms with van der Waals surface area (Å²) in [5.41, 5.74) is 0. The molecule has 8 nitrogen and oxygen atoms in total. The van der Waals surface area contributed by atoms with Gasteiger partial charge < -0.3 is 10.6 Å². The largest absolute Gasteiger partial charge is 0.348 e. The maximum absolute atomic E-state index is 12.0. The van der Waals surface area contributed by atoms with Crippen molar-refractivity contribution in [3.8, 4) is 0 Å². The first-order valence-electron chi connectivity index (χ1n) is 8.06. The van der Waals surface area contributed by atoms with Crippen LogP contribution in [0.25, 0.3) is 0 Å². The van der Waals surface area contributed by atoms with Crippen LogP contribution in [0.1, 0.15) is 17.7 Å². The predicted molar refractivity (Wildman–Crippen MR) is 96.1 cm³/mol. The average Bonchev–Trinajstić information content (AvgIpc) is 3.11. The summed E-state index contributed by atoms with van der Waals surface area (Å²) in [6.07, 6.45) is 1.31. The van der Waals surface area contributed by atoms with Crippen LogP contribution in [0.5, 0.6) is 0 Å². The van der Waals surface area contributed by atoms with Gasteiger partial charge in [-0.3, -0.25) is 9.59 Å². The summed E-state index contributed by atoms with van der Waals surface area (Å²) in [4.78, 5) is 24.6. The van der Waals surface area contributed by atoms with Crippen molar-refractivity contribution < 1.29 is 18.0 Å². The van der Waals surface area contributed by atoms with Crippen LogP contribution in [0, 0.1) is 5.92 Å². The van der Waals surface area contributed by atoms with E-state index in [-0.39, 0.29) is 5.92 Å². The van der Waals surface area contributed by atoms with Crippen LogP contribution in [-0.2, 0) is 26.3 Å². The lowest BCUT2D eigenvalue weighted by Crippen LogP contribution is -2.47. The molecule has 25 heavy (non-hydrogen) atoms. The number of thiophene rings is 1. The lowest BCUT2D eigenvalue weighted by Gasteiger charge is -2.32. The third-order valence-electron chi connectivity index (χ3n) is 4.12. The second-order valence-corrected chi connectivity index (χ2v) is 9.28. The van der Waals surface area contributed by atoms with Gasteiger partial charge in [0.2, 0.25) is 0 Å². The Labute approximate surface area is 152 Å². The molecule has 2 amide bonds. The molecule has 0 saturated carbocycles. The Bertz CT molecular complexity index is 680. The quantitative estimate of drug-likeness (QED) is 0.670. The van der Waals surface area contributed by atoms with E-state index < -0.39 is 22.0 Å². The summed E-state index contributed by atoms with van der Waals surface area (Å²) >= 11 is 1.51. The van der Waals surface area contributed by atoms with E-state index in [0.717, 1.165) is 4.88 Å². The predicted octanol–water partition coefficient (Wildman–Crippen LogP) is -0.00110. The van der Waals surface area contributed by atoms with Gasteiger partial charge in [0.25, 0.3) is 10.2 Å². The Balaban J connectivity index is 1.70. The highest BCUT2D eigenvalue weighted by Gasteiger charge is 2.29. The number of rotatable bonds is 6. The third kappa shape index (κ3) is 5.50. The summed E-state index contributed by atoms with van der Waals surface area (Å²) in [5.74, 6) is -1.14. The third-order valence-corrected chi connectivity index (χ3v) is 6.94. The molecule has 1 aliphatic rings. The number of amides is 2. The summed E-state index contributed by atoms with van der Waals surface area (Å²) in [7, 11) is -0.360. The van der Waals surface area contributed by atoms with Crippen LogP contribution < -0.4 is 10.6 Å². The molecule has 0 radical (unpaired) electrons. The van der Waals surface area contributed by atoms with E-state index in [9.17, 15) is 18.0 Å². The molecule has 140 valence electrons. The molecule has 10 heteroatoms. The van der Waals surface area contributed by atoms with Crippen molar-refractivity contribution in [1.82, 2.24) is 19.2 Å².